The fraction of sp³-hybridized carbons (Fsp3) is 0.800. The van der Waals surface area contributed by atoms with Gasteiger partial charge in [-0.25, -0.2) is 0 Å². The van der Waals surface area contributed by atoms with Crippen molar-refractivity contribution >= 4 is 0 Å². The lowest BCUT2D eigenvalue weighted by Crippen LogP contribution is -2.44. The van der Waals surface area contributed by atoms with Gasteiger partial charge in [-0.2, -0.15) is 5.10 Å². The van der Waals surface area contributed by atoms with Crippen molar-refractivity contribution in [1.29, 1.82) is 0 Å². The van der Waals surface area contributed by atoms with Crippen molar-refractivity contribution in [3.63, 3.8) is 0 Å². The molecule has 0 saturated carbocycles. The molecule has 0 aliphatic carbocycles. The molecule has 0 radical (unpaired) electrons. The third-order valence-electron chi connectivity index (χ3n) is 4.58. The number of rotatable bonds is 4. The van der Waals surface area contributed by atoms with E-state index in [-0.39, 0.29) is 5.60 Å². The first kappa shape index (κ1) is 14.0. The van der Waals surface area contributed by atoms with Crippen molar-refractivity contribution in [2.45, 2.75) is 37.8 Å². The van der Waals surface area contributed by atoms with Crippen molar-refractivity contribution in [3.05, 3.63) is 18.0 Å². The topological polar surface area (TPSA) is 48.3 Å². The summed E-state index contributed by atoms with van der Waals surface area (Å²) in [5.41, 5.74) is 1.26. The molecule has 3 atom stereocenters. The first-order valence-electron chi connectivity index (χ1n) is 7.66. The van der Waals surface area contributed by atoms with Crippen LogP contribution in [-0.4, -0.2) is 41.7 Å². The molecule has 2 fully saturated rings. The van der Waals surface area contributed by atoms with Gasteiger partial charge in [0, 0.05) is 44.5 Å². The summed E-state index contributed by atoms with van der Waals surface area (Å²) >= 11 is 0. The number of nitrogens with zero attached hydrogens (tertiary/aromatic N) is 2. The van der Waals surface area contributed by atoms with Gasteiger partial charge < -0.3 is 14.8 Å². The number of aryl methyl sites for hydroxylation is 1. The van der Waals surface area contributed by atoms with E-state index in [1.807, 2.05) is 17.9 Å². The first-order valence-corrected chi connectivity index (χ1v) is 7.66. The first-order chi connectivity index (χ1) is 9.72. The Balaban J connectivity index is 1.76. The molecule has 2 aliphatic rings. The van der Waals surface area contributed by atoms with Gasteiger partial charge in [0.2, 0.25) is 0 Å². The summed E-state index contributed by atoms with van der Waals surface area (Å²) in [5.74, 6) is 0.592. The van der Waals surface area contributed by atoms with Crippen molar-refractivity contribution in [3.8, 4) is 0 Å². The quantitative estimate of drug-likeness (QED) is 0.910. The molecule has 3 unspecified atom stereocenters. The number of hydrogen-bond acceptors (Lipinski definition) is 4. The molecule has 0 bridgehead atoms. The molecule has 112 valence electrons. The lowest BCUT2D eigenvalue weighted by atomic mass is 9.79. The van der Waals surface area contributed by atoms with E-state index in [9.17, 15) is 0 Å². The highest BCUT2D eigenvalue weighted by molar-refractivity contribution is 5.13. The largest absolute Gasteiger partial charge is 0.378 e. The van der Waals surface area contributed by atoms with E-state index < -0.39 is 0 Å². The lowest BCUT2D eigenvalue weighted by molar-refractivity contribution is -0.103. The van der Waals surface area contributed by atoms with Gasteiger partial charge in [-0.1, -0.05) is 6.92 Å². The summed E-state index contributed by atoms with van der Waals surface area (Å²) in [7, 11) is 1.97. The van der Waals surface area contributed by atoms with Crippen LogP contribution in [0.1, 0.15) is 37.8 Å². The molecule has 3 heterocycles. The van der Waals surface area contributed by atoms with Crippen LogP contribution in [-0.2, 0) is 16.5 Å². The van der Waals surface area contributed by atoms with Crippen LogP contribution in [0.5, 0.6) is 0 Å². The SMILES string of the molecule is CCNC(c1cnn(C)c1)C1CCOC2(CCOC2)C1. The highest BCUT2D eigenvalue weighted by Crippen LogP contribution is 2.40. The smallest absolute Gasteiger partial charge is 0.0940 e. The maximum atomic E-state index is 6.05. The molecule has 3 rings (SSSR count). The molecule has 5 heteroatoms. The summed E-state index contributed by atoms with van der Waals surface area (Å²) in [6, 6.07) is 0.370. The Morgan fingerprint density at radius 3 is 3.10 bits per heavy atom. The van der Waals surface area contributed by atoms with Crippen LogP contribution in [0.4, 0.5) is 0 Å². The van der Waals surface area contributed by atoms with Crippen molar-refractivity contribution in [1.82, 2.24) is 15.1 Å². The van der Waals surface area contributed by atoms with E-state index in [0.717, 1.165) is 45.6 Å². The van der Waals surface area contributed by atoms with Gasteiger partial charge in [0.05, 0.1) is 18.4 Å². The number of nitrogens with one attached hydrogen (secondary N) is 1. The number of ether oxygens (including phenoxy) is 2. The normalized spacial score (nSPS) is 31.8. The van der Waals surface area contributed by atoms with Crippen LogP contribution in [0.3, 0.4) is 0 Å². The predicted octanol–water partition coefficient (Wildman–Crippen LogP) is 1.66. The predicted molar refractivity (Wildman–Crippen MR) is 76.5 cm³/mol. The van der Waals surface area contributed by atoms with Gasteiger partial charge in [0.15, 0.2) is 0 Å². The minimum absolute atomic E-state index is 0.0290. The van der Waals surface area contributed by atoms with Gasteiger partial charge in [0.25, 0.3) is 0 Å². The number of aromatic nitrogens is 2. The zero-order chi connectivity index (χ0) is 14.0. The van der Waals surface area contributed by atoms with Gasteiger partial charge in [-0.3, -0.25) is 4.68 Å². The molecule has 1 aromatic heterocycles. The van der Waals surface area contributed by atoms with Crippen molar-refractivity contribution < 1.29 is 9.47 Å². The van der Waals surface area contributed by atoms with Gasteiger partial charge in [-0.05, 0) is 25.3 Å². The van der Waals surface area contributed by atoms with E-state index in [1.54, 1.807) is 0 Å². The third kappa shape index (κ3) is 2.75. The second kappa shape index (κ2) is 5.84. The van der Waals surface area contributed by atoms with Crippen LogP contribution in [0.2, 0.25) is 0 Å². The van der Waals surface area contributed by atoms with E-state index in [4.69, 9.17) is 9.47 Å². The number of hydrogen-bond donors (Lipinski definition) is 1. The third-order valence-corrected chi connectivity index (χ3v) is 4.58. The highest BCUT2D eigenvalue weighted by atomic mass is 16.6. The Labute approximate surface area is 120 Å². The minimum atomic E-state index is -0.0290. The van der Waals surface area contributed by atoms with E-state index in [2.05, 4.69) is 23.5 Å². The Kier molecular flexibility index (Phi) is 4.10. The highest BCUT2D eigenvalue weighted by Gasteiger charge is 2.43. The maximum Gasteiger partial charge on any atom is 0.0940 e. The van der Waals surface area contributed by atoms with Gasteiger partial charge >= 0.3 is 0 Å². The molecule has 1 aromatic rings. The average molecular weight is 279 g/mol. The van der Waals surface area contributed by atoms with E-state index in [0.29, 0.717) is 12.0 Å². The molecule has 0 amide bonds. The van der Waals surface area contributed by atoms with Gasteiger partial charge in [0.1, 0.15) is 0 Å². The molecule has 2 aliphatic heterocycles. The summed E-state index contributed by atoms with van der Waals surface area (Å²) in [4.78, 5) is 0. The summed E-state index contributed by atoms with van der Waals surface area (Å²) in [6.07, 6.45) is 7.34. The fourth-order valence-electron chi connectivity index (χ4n) is 3.59. The Bertz CT molecular complexity index is 440. The second-order valence-electron chi connectivity index (χ2n) is 6.07. The average Bonchev–Trinajstić information content (AvgIpc) is 3.06. The minimum Gasteiger partial charge on any atom is -0.378 e. The second-order valence-corrected chi connectivity index (χ2v) is 6.07. The molecular weight excluding hydrogens is 254 g/mol. The van der Waals surface area contributed by atoms with Gasteiger partial charge in [-0.15, -0.1) is 0 Å². The Morgan fingerprint density at radius 2 is 2.45 bits per heavy atom. The standard InChI is InChI=1S/C15H25N3O2/c1-3-16-14(13-9-17-18(2)10-13)12-4-6-20-15(8-12)5-7-19-11-15/h9-10,12,14,16H,3-8,11H2,1-2H3. The molecular formula is C15H25N3O2. The fourth-order valence-corrected chi connectivity index (χ4v) is 3.59. The van der Waals surface area contributed by atoms with Crippen molar-refractivity contribution in [2.75, 3.05) is 26.4 Å². The van der Waals surface area contributed by atoms with Crippen LogP contribution >= 0.6 is 0 Å². The Morgan fingerprint density at radius 1 is 1.55 bits per heavy atom. The maximum absolute atomic E-state index is 6.05. The molecule has 0 aromatic carbocycles. The summed E-state index contributed by atoms with van der Waals surface area (Å²) in [6.45, 7) is 5.58. The molecule has 1 spiro atoms. The monoisotopic (exact) mass is 279 g/mol. The van der Waals surface area contributed by atoms with Crippen LogP contribution in [0, 0.1) is 5.92 Å². The zero-order valence-corrected chi connectivity index (χ0v) is 12.5. The molecule has 5 nitrogen and oxygen atoms in total. The lowest BCUT2D eigenvalue weighted by Gasteiger charge is -2.40. The molecule has 1 N–H and O–H groups in total. The summed E-state index contributed by atoms with van der Waals surface area (Å²) in [5, 5.41) is 7.96. The van der Waals surface area contributed by atoms with Crippen LogP contribution in [0.25, 0.3) is 0 Å². The molecule has 20 heavy (non-hydrogen) atoms. The zero-order valence-electron chi connectivity index (χ0n) is 12.5. The van der Waals surface area contributed by atoms with Crippen LogP contribution in [0.15, 0.2) is 12.4 Å². The van der Waals surface area contributed by atoms with E-state index in [1.165, 1.54) is 5.56 Å². The van der Waals surface area contributed by atoms with E-state index >= 15 is 0 Å². The summed E-state index contributed by atoms with van der Waals surface area (Å²) < 4.78 is 13.5. The Hall–Kier alpha value is -0.910. The van der Waals surface area contributed by atoms with Crippen LogP contribution < -0.4 is 5.32 Å². The van der Waals surface area contributed by atoms with Crippen molar-refractivity contribution in [2.24, 2.45) is 13.0 Å². The molecule has 2 saturated heterocycles.